The van der Waals surface area contributed by atoms with E-state index in [0.29, 0.717) is 0 Å². The maximum absolute atomic E-state index is 10.8. The highest BCUT2D eigenvalue weighted by Gasteiger charge is 2.17. The lowest BCUT2D eigenvalue weighted by Gasteiger charge is -2.23. The molecule has 1 aliphatic rings. The number of benzene rings is 2. The summed E-state index contributed by atoms with van der Waals surface area (Å²) < 4.78 is 0. The molecule has 0 saturated heterocycles. The fourth-order valence-corrected chi connectivity index (χ4v) is 2.38. The Morgan fingerprint density at radius 1 is 1.14 bits per heavy atom. The van der Waals surface area contributed by atoms with E-state index in [-0.39, 0.29) is 5.96 Å². The zero-order valence-corrected chi connectivity index (χ0v) is 11.3. The largest absolute Gasteiger partial charge is 0.387 e. The third-order valence-electron chi connectivity index (χ3n) is 3.37. The number of nitrogens with zero attached hydrogens (tertiary/aromatic N) is 2. The molecule has 0 radical (unpaired) electrons. The van der Waals surface area contributed by atoms with Gasteiger partial charge in [0.1, 0.15) is 0 Å². The average Bonchev–Trinajstić information content (AvgIpc) is 2.56. The third-order valence-corrected chi connectivity index (χ3v) is 3.37. The molecule has 3 rings (SSSR count). The average molecular weight is 278 g/mol. The normalized spacial score (nSPS) is 12.2. The van der Waals surface area contributed by atoms with Gasteiger partial charge in [0.05, 0.1) is 0 Å². The Kier molecular flexibility index (Phi) is 3.47. The summed E-state index contributed by atoms with van der Waals surface area (Å²) in [5.74, 6) is -0.333. The highest BCUT2D eigenvalue weighted by molar-refractivity contribution is 6.01. The van der Waals surface area contributed by atoms with E-state index in [1.165, 1.54) is 4.90 Å². The summed E-state index contributed by atoms with van der Waals surface area (Å²) in [5, 5.41) is 13.8. The molecule has 0 fully saturated rings. The minimum absolute atomic E-state index is 0.333. The predicted molar refractivity (Wildman–Crippen MR) is 84.4 cm³/mol. The van der Waals surface area contributed by atoms with Gasteiger partial charge in [-0.15, -0.1) is 4.91 Å². The number of hydrogen-bond donors (Lipinski definition) is 2. The fraction of sp³-hybridized carbons (Fsp3) is 0.0625. The van der Waals surface area contributed by atoms with Crippen molar-refractivity contribution in [2.24, 2.45) is 5.18 Å². The number of rotatable bonds is 2. The molecule has 0 saturated carbocycles. The van der Waals surface area contributed by atoms with Crippen LogP contribution in [0.3, 0.4) is 0 Å². The van der Waals surface area contributed by atoms with Crippen LogP contribution < -0.4 is 10.2 Å². The Balaban J connectivity index is 2.07. The van der Waals surface area contributed by atoms with E-state index in [1.54, 1.807) is 0 Å². The van der Waals surface area contributed by atoms with Gasteiger partial charge < -0.3 is 5.32 Å². The second kappa shape index (κ2) is 5.58. The molecular formula is C16H14N4O. The van der Waals surface area contributed by atoms with Crippen LogP contribution in [0.25, 0.3) is 6.08 Å². The molecule has 5 heteroatoms. The number of nitroso groups, excluding NO2 is 1. The molecule has 2 aromatic carbocycles. The van der Waals surface area contributed by atoms with Crippen LogP contribution in [0, 0.1) is 10.3 Å². The van der Waals surface area contributed by atoms with Gasteiger partial charge in [-0.25, -0.2) is 0 Å². The first-order chi connectivity index (χ1) is 10.3. The summed E-state index contributed by atoms with van der Waals surface area (Å²) in [6.07, 6.45) is 3.91. The van der Waals surface area contributed by atoms with Crippen LogP contribution in [-0.2, 0) is 6.54 Å². The van der Waals surface area contributed by atoms with E-state index in [0.717, 1.165) is 29.0 Å². The van der Waals surface area contributed by atoms with Crippen molar-refractivity contribution < 1.29 is 0 Å². The molecule has 1 heterocycles. The quantitative estimate of drug-likeness (QED) is 0.501. The number of hydrogen-bond acceptors (Lipinski definition) is 3. The van der Waals surface area contributed by atoms with E-state index in [9.17, 15) is 4.91 Å². The minimum atomic E-state index is -0.333. The molecule has 0 spiro atoms. The van der Waals surface area contributed by atoms with Crippen molar-refractivity contribution in [1.82, 2.24) is 5.32 Å². The van der Waals surface area contributed by atoms with Crippen LogP contribution in [0.4, 0.5) is 11.4 Å². The first-order valence-corrected chi connectivity index (χ1v) is 6.59. The lowest BCUT2D eigenvalue weighted by atomic mass is 10.0. The van der Waals surface area contributed by atoms with Gasteiger partial charge in [-0.3, -0.25) is 10.3 Å². The second-order valence-electron chi connectivity index (χ2n) is 4.68. The Morgan fingerprint density at radius 2 is 1.95 bits per heavy atom. The number of anilines is 2. The van der Waals surface area contributed by atoms with Gasteiger partial charge in [-0.05, 0) is 47.7 Å². The molecule has 5 nitrogen and oxygen atoms in total. The summed E-state index contributed by atoms with van der Waals surface area (Å²) in [5.41, 5.74) is 3.74. The molecule has 0 atom stereocenters. The highest BCUT2D eigenvalue weighted by Crippen LogP contribution is 2.29. The van der Waals surface area contributed by atoms with Crippen LogP contribution in [0.5, 0.6) is 0 Å². The van der Waals surface area contributed by atoms with Gasteiger partial charge >= 0.3 is 0 Å². The first-order valence-electron chi connectivity index (χ1n) is 6.59. The summed E-state index contributed by atoms with van der Waals surface area (Å²) in [6.45, 7) is 0.726. The number of guanidine groups is 1. The highest BCUT2D eigenvalue weighted by atomic mass is 16.3. The van der Waals surface area contributed by atoms with Crippen LogP contribution in [-0.4, -0.2) is 5.96 Å². The van der Waals surface area contributed by atoms with E-state index >= 15 is 0 Å². The zero-order chi connectivity index (χ0) is 14.7. The van der Waals surface area contributed by atoms with E-state index < -0.39 is 0 Å². The minimum Gasteiger partial charge on any atom is -0.387 e. The monoisotopic (exact) mass is 278 g/mol. The fourth-order valence-electron chi connectivity index (χ4n) is 2.38. The van der Waals surface area contributed by atoms with Crippen molar-refractivity contribution in [1.29, 1.82) is 5.41 Å². The molecule has 0 amide bonds. The second-order valence-corrected chi connectivity index (χ2v) is 4.68. The van der Waals surface area contributed by atoms with E-state index in [1.807, 2.05) is 60.8 Å². The molecule has 1 aliphatic heterocycles. The molecule has 0 unspecified atom stereocenters. The molecule has 104 valence electrons. The van der Waals surface area contributed by atoms with Gasteiger partial charge in [0.2, 0.25) is 0 Å². The summed E-state index contributed by atoms with van der Waals surface area (Å²) in [6, 6.07) is 15.2. The van der Waals surface area contributed by atoms with Crippen molar-refractivity contribution in [3.05, 3.63) is 70.8 Å². The molecule has 21 heavy (non-hydrogen) atoms. The molecule has 0 bridgehead atoms. The van der Waals surface area contributed by atoms with Crippen LogP contribution in [0.2, 0.25) is 0 Å². The predicted octanol–water partition coefficient (Wildman–Crippen LogP) is 3.60. The third kappa shape index (κ3) is 2.53. The zero-order valence-electron chi connectivity index (χ0n) is 11.3. The molecule has 0 aromatic heterocycles. The standard InChI is InChI=1S/C16H14N4O/c17-16(19-21)20(14-4-2-1-3-5-14)15-7-6-12-8-9-18-11-13(12)10-15/h1-10,17-18H,11H2. The van der Waals surface area contributed by atoms with Crippen molar-refractivity contribution in [2.75, 3.05) is 4.90 Å². The summed E-state index contributed by atoms with van der Waals surface area (Å²) in [7, 11) is 0. The molecule has 2 aromatic rings. The SMILES string of the molecule is N=C(N=O)N(c1ccccc1)c1ccc2c(c1)CNC=C2. The first kappa shape index (κ1) is 13.1. The van der Waals surface area contributed by atoms with Gasteiger partial charge in [0, 0.05) is 23.1 Å². The Morgan fingerprint density at radius 3 is 2.71 bits per heavy atom. The van der Waals surface area contributed by atoms with Crippen molar-refractivity contribution >= 4 is 23.4 Å². The van der Waals surface area contributed by atoms with Gasteiger partial charge in [0.25, 0.3) is 5.96 Å². The van der Waals surface area contributed by atoms with Crippen molar-refractivity contribution in [2.45, 2.75) is 6.54 Å². The maximum atomic E-state index is 10.8. The molecule has 0 aliphatic carbocycles. The van der Waals surface area contributed by atoms with Gasteiger partial charge in [0.15, 0.2) is 0 Å². The summed E-state index contributed by atoms with van der Waals surface area (Å²) >= 11 is 0. The number of para-hydroxylation sites is 1. The Hall–Kier alpha value is -2.95. The lowest BCUT2D eigenvalue weighted by molar-refractivity contribution is 0.858. The van der Waals surface area contributed by atoms with Crippen LogP contribution in [0.1, 0.15) is 11.1 Å². The number of nitrogens with one attached hydrogen (secondary N) is 2. The van der Waals surface area contributed by atoms with Gasteiger partial charge in [-0.1, -0.05) is 24.3 Å². The lowest BCUT2D eigenvalue weighted by Crippen LogP contribution is -2.23. The molecule has 2 N–H and O–H groups in total. The maximum Gasteiger partial charge on any atom is 0.269 e. The smallest absolute Gasteiger partial charge is 0.269 e. The Labute approximate surface area is 122 Å². The van der Waals surface area contributed by atoms with Crippen LogP contribution >= 0.6 is 0 Å². The van der Waals surface area contributed by atoms with E-state index in [4.69, 9.17) is 5.41 Å². The van der Waals surface area contributed by atoms with Gasteiger partial charge in [-0.2, -0.15) is 0 Å². The number of fused-ring (bicyclic) bond motifs is 1. The summed E-state index contributed by atoms with van der Waals surface area (Å²) in [4.78, 5) is 12.4. The molecular weight excluding hydrogens is 264 g/mol. The Bertz CT molecular complexity index is 709. The topological polar surface area (TPSA) is 68.5 Å². The van der Waals surface area contributed by atoms with E-state index in [2.05, 4.69) is 10.5 Å². The van der Waals surface area contributed by atoms with Crippen molar-refractivity contribution in [3.63, 3.8) is 0 Å². The van der Waals surface area contributed by atoms with Crippen molar-refractivity contribution in [3.8, 4) is 0 Å². The van der Waals surface area contributed by atoms with Crippen LogP contribution in [0.15, 0.2) is 59.9 Å².